The Balaban J connectivity index is 1.92. The van der Waals surface area contributed by atoms with Crippen LogP contribution < -0.4 is 5.32 Å². The van der Waals surface area contributed by atoms with Crippen molar-refractivity contribution in [3.63, 3.8) is 0 Å². The molecule has 19 heavy (non-hydrogen) atoms. The molecule has 0 aromatic heterocycles. The Kier molecular flexibility index (Phi) is 3.17. The maximum atomic E-state index is 13.7. The van der Waals surface area contributed by atoms with E-state index in [1.54, 1.807) is 6.07 Å². The number of hydrogen-bond donors (Lipinski definition) is 1. The number of nitrogens with one attached hydrogen (secondary N) is 1. The van der Waals surface area contributed by atoms with Gasteiger partial charge in [0, 0.05) is 25.0 Å². The first-order valence-electron chi connectivity index (χ1n) is 6.39. The molecular formula is C15H15FN2O. The zero-order valence-electron chi connectivity index (χ0n) is 10.5. The monoisotopic (exact) mass is 258 g/mol. The largest absolute Gasteiger partial charge is 0.354 e. The summed E-state index contributed by atoms with van der Waals surface area (Å²) >= 11 is 0. The van der Waals surface area contributed by atoms with Crippen molar-refractivity contribution in [1.82, 2.24) is 10.2 Å². The molecule has 3 rings (SSSR count). The van der Waals surface area contributed by atoms with Gasteiger partial charge in [-0.2, -0.15) is 0 Å². The van der Waals surface area contributed by atoms with Crippen LogP contribution in [-0.4, -0.2) is 30.4 Å². The van der Waals surface area contributed by atoms with Crippen molar-refractivity contribution in [2.24, 2.45) is 0 Å². The first kappa shape index (κ1) is 12.1. The van der Waals surface area contributed by atoms with Gasteiger partial charge in [0.2, 0.25) is 5.91 Å². The number of hydrogen-bond acceptors (Lipinski definition) is 2. The standard InChI is InChI=1S/C15H15FN2O/c16-14-6-5-11(12-3-1-2-4-13(12)14)9-18-8-7-17-15(19)10-18/h1-6H,7-10H2,(H,17,19). The summed E-state index contributed by atoms with van der Waals surface area (Å²) in [5.74, 6) is -0.145. The van der Waals surface area contributed by atoms with Gasteiger partial charge in [0.1, 0.15) is 5.82 Å². The number of fused-ring (bicyclic) bond motifs is 1. The quantitative estimate of drug-likeness (QED) is 0.892. The Labute approximate surface area is 111 Å². The van der Waals surface area contributed by atoms with Crippen LogP contribution >= 0.6 is 0 Å². The minimum Gasteiger partial charge on any atom is -0.354 e. The van der Waals surface area contributed by atoms with Gasteiger partial charge in [0.25, 0.3) is 0 Å². The number of benzene rings is 2. The summed E-state index contributed by atoms with van der Waals surface area (Å²) in [6.45, 7) is 2.59. The summed E-state index contributed by atoms with van der Waals surface area (Å²) in [7, 11) is 0. The molecule has 1 N–H and O–H groups in total. The highest BCUT2D eigenvalue weighted by Gasteiger charge is 2.17. The van der Waals surface area contributed by atoms with E-state index in [4.69, 9.17) is 0 Å². The molecule has 1 fully saturated rings. The van der Waals surface area contributed by atoms with Crippen LogP contribution in [0, 0.1) is 5.82 Å². The lowest BCUT2D eigenvalue weighted by Gasteiger charge is -2.26. The molecule has 2 aromatic rings. The van der Waals surface area contributed by atoms with E-state index in [1.807, 2.05) is 24.3 Å². The van der Waals surface area contributed by atoms with Crippen LogP contribution in [0.15, 0.2) is 36.4 Å². The third kappa shape index (κ3) is 2.44. The van der Waals surface area contributed by atoms with Gasteiger partial charge in [-0.25, -0.2) is 4.39 Å². The van der Waals surface area contributed by atoms with Gasteiger partial charge < -0.3 is 5.32 Å². The molecule has 1 saturated heterocycles. The second-order valence-corrected chi connectivity index (χ2v) is 4.81. The summed E-state index contributed by atoms with van der Waals surface area (Å²) in [6.07, 6.45) is 0. The van der Waals surface area contributed by atoms with Gasteiger partial charge in [0.15, 0.2) is 0 Å². The molecule has 98 valence electrons. The summed E-state index contributed by atoms with van der Waals surface area (Å²) in [4.78, 5) is 13.5. The zero-order valence-corrected chi connectivity index (χ0v) is 10.5. The maximum absolute atomic E-state index is 13.7. The second kappa shape index (κ2) is 4.97. The van der Waals surface area contributed by atoms with E-state index >= 15 is 0 Å². The molecule has 1 aliphatic rings. The number of halogens is 1. The molecule has 0 aliphatic carbocycles. The SMILES string of the molecule is O=C1CN(Cc2ccc(F)c3ccccc23)CCN1. The van der Waals surface area contributed by atoms with Crippen molar-refractivity contribution in [3.8, 4) is 0 Å². The molecule has 1 aliphatic heterocycles. The van der Waals surface area contributed by atoms with E-state index in [1.165, 1.54) is 6.07 Å². The first-order chi connectivity index (χ1) is 9.24. The van der Waals surface area contributed by atoms with Crippen molar-refractivity contribution < 1.29 is 9.18 Å². The Bertz CT molecular complexity index is 627. The van der Waals surface area contributed by atoms with E-state index in [0.717, 1.165) is 17.5 Å². The lowest BCUT2D eigenvalue weighted by atomic mass is 10.0. The van der Waals surface area contributed by atoms with Crippen LogP contribution in [0.25, 0.3) is 10.8 Å². The lowest BCUT2D eigenvalue weighted by molar-refractivity contribution is -0.124. The summed E-state index contributed by atoms with van der Waals surface area (Å²) < 4.78 is 13.7. The smallest absolute Gasteiger partial charge is 0.234 e. The fraction of sp³-hybridized carbons (Fsp3) is 0.267. The van der Waals surface area contributed by atoms with Crippen LogP contribution in [-0.2, 0) is 11.3 Å². The average molecular weight is 258 g/mol. The maximum Gasteiger partial charge on any atom is 0.234 e. The highest BCUT2D eigenvalue weighted by molar-refractivity contribution is 5.86. The molecule has 0 atom stereocenters. The number of carbonyl (C=O) groups is 1. The predicted octanol–water partition coefficient (Wildman–Crippen LogP) is 1.91. The lowest BCUT2D eigenvalue weighted by Crippen LogP contribution is -2.47. The van der Waals surface area contributed by atoms with E-state index in [9.17, 15) is 9.18 Å². The normalized spacial score (nSPS) is 16.6. The highest BCUT2D eigenvalue weighted by atomic mass is 19.1. The fourth-order valence-electron chi connectivity index (χ4n) is 2.53. The van der Waals surface area contributed by atoms with Crippen molar-refractivity contribution in [3.05, 3.63) is 47.8 Å². The number of amides is 1. The number of rotatable bonds is 2. The molecule has 1 heterocycles. The molecule has 0 radical (unpaired) electrons. The van der Waals surface area contributed by atoms with E-state index < -0.39 is 0 Å². The van der Waals surface area contributed by atoms with Crippen molar-refractivity contribution in [1.29, 1.82) is 0 Å². The minimum absolute atomic E-state index is 0.0534. The van der Waals surface area contributed by atoms with Gasteiger partial charge in [-0.05, 0) is 17.0 Å². The van der Waals surface area contributed by atoms with Crippen molar-refractivity contribution >= 4 is 16.7 Å². The van der Waals surface area contributed by atoms with Gasteiger partial charge in [-0.15, -0.1) is 0 Å². The molecular weight excluding hydrogens is 243 g/mol. The van der Waals surface area contributed by atoms with Crippen LogP contribution in [0.1, 0.15) is 5.56 Å². The molecule has 4 heteroatoms. The van der Waals surface area contributed by atoms with E-state index in [-0.39, 0.29) is 11.7 Å². The zero-order chi connectivity index (χ0) is 13.2. The first-order valence-corrected chi connectivity index (χ1v) is 6.39. The Morgan fingerprint density at radius 3 is 2.74 bits per heavy atom. The van der Waals surface area contributed by atoms with Gasteiger partial charge >= 0.3 is 0 Å². The number of carbonyl (C=O) groups excluding carboxylic acids is 1. The molecule has 3 nitrogen and oxygen atoms in total. The predicted molar refractivity (Wildman–Crippen MR) is 72.2 cm³/mol. The van der Waals surface area contributed by atoms with Gasteiger partial charge in [0.05, 0.1) is 6.54 Å². The highest BCUT2D eigenvalue weighted by Crippen LogP contribution is 2.23. The minimum atomic E-state index is -0.198. The Hall–Kier alpha value is -1.94. The van der Waals surface area contributed by atoms with Crippen molar-refractivity contribution in [2.75, 3.05) is 19.6 Å². The van der Waals surface area contributed by atoms with Gasteiger partial charge in [-0.3, -0.25) is 9.69 Å². The van der Waals surface area contributed by atoms with Crippen molar-refractivity contribution in [2.45, 2.75) is 6.54 Å². The number of piperazine rings is 1. The van der Waals surface area contributed by atoms with Gasteiger partial charge in [-0.1, -0.05) is 30.3 Å². The molecule has 0 unspecified atom stereocenters. The van der Waals surface area contributed by atoms with E-state index in [0.29, 0.717) is 25.0 Å². The van der Waals surface area contributed by atoms with Crippen LogP contribution in [0.2, 0.25) is 0 Å². The summed E-state index contributed by atoms with van der Waals surface area (Å²) in [6, 6.07) is 10.8. The summed E-state index contributed by atoms with van der Waals surface area (Å²) in [5.41, 5.74) is 1.06. The number of nitrogens with zero attached hydrogens (tertiary/aromatic N) is 1. The molecule has 0 spiro atoms. The Morgan fingerprint density at radius 1 is 1.16 bits per heavy atom. The molecule has 1 amide bonds. The summed E-state index contributed by atoms with van der Waals surface area (Å²) in [5, 5.41) is 4.37. The molecule has 0 bridgehead atoms. The molecule has 2 aromatic carbocycles. The molecule has 0 saturated carbocycles. The third-order valence-corrected chi connectivity index (χ3v) is 3.47. The van der Waals surface area contributed by atoms with Crippen LogP contribution in [0.4, 0.5) is 4.39 Å². The third-order valence-electron chi connectivity index (χ3n) is 3.47. The second-order valence-electron chi connectivity index (χ2n) is 4.81. The fourth-order valence-corrected chi connectivity index (χ4v) is 2.53. The Morgan fingerprint density at radius 2 is 1.95 bits per heavy atom. The van der Waals surface area contributed by atoms with E-state index in [2.05, 4.69) is 10.2 Å². The van der Waals surface area contributed by atoms with Crippen LogP contribution in [0.5, 0.6) is 0 Å². The van der Waals surface area contributed by atoms with Crippen LogP contribution in [0.3, 0.4) is 0 Å². The average Bonchev–Trinajstić information content (AvgIpc) is 2.42. The topological polar surface area (TPSA) is 32.3 Å².